The molecule has 0 aliphatic rings. The van der Waals surface area contributed by atoms with Crippen LogP contribution in [-0.2, 0) is 12.1 Å². The molecule has 0 saturated carbocycles. The molecule has 0 fully saturated rings. The molecule has 0 aliphatic heterocycles. The number of carbonyl (C=O) groups is 1. The predicted molar refractivity (Wildman–Crippen MR) is 95.9 cm³/mol. The Morgan fingerprint density at radius 3 is 2.83 bits per heavy atom. The lowest BCUT2D eigenvalue weighted by Crippen LogP contribution is -2.42. The molecule has 2 aromatic heterocycles. The van der Waals surface area contributed by atoms with Crippen molar-refractivity contribution in [2.45, 2.75) is 19.1 Å². The highest BCUT2D eigenvalue weighted by atomic mass is 32.1. The molecule has 0 radical (unpaired) electrons. The zero-order valence-electron chi connectivity index (χ0n) is 13.3. The average molecular weight is 341 g/mol. The van der Waals surface area contributed by atoms with Gasteiger partial charge in [0.1, 0.15) is 5.60 Å². The number of pyridine rings is 1. The fourth-order valence-corrected chi connectivity index (χ4v) is 3.26. The van der Waals surface area contributed by atoms with Crippen LogP contribution < -0.4 is 10.6 Å². The van der Waals surface area contributed by atoms with Crippen molar-refractivity contribution in [3.05, 3.63) is 64.5 Å². The van der Waals surface area contributed by atoms with Crippen molar-refractivity contribution in [1.29, 1.82) is 0 Å². The van der Waals surface area contributed by atoms with Gasteiger partial charge in [-0.1, -0.05) is 24.3 Å². The first kappa shape index (κ1) is 16.4. The molecule has 3 rings (SSSR count). The van der Waals surface area contributed by atoms with Gasteiger partial charge in [0, 0.05) is 23.0 Å². The summed E-state index contributed by atoms with van der Waals surface area (Å²) in [4.78, 5) is 17.2. The normalized spacial score (nSPS) is 13.4. The topological polar surface area (TPSA) is 74.2 Å². The van der Waals surface area contributed by atoms with E-state index in [0.29, 0.717) is 6.54 Å². The van der Waals surface area contributed by atoms with E-state index in [-0.39, 0.29) is 12.6 Å². The van der Waals surface area contributed by atoms with Crippen LogP contribution >= 0.6 is 11.3 Å². The van der Waals surface area contributed by atoms with E-state index in [4.69, 9.17) is 0 Å². The van der Waals surface area contributed by atoms with Gasteiger partial charge >= 0.3 is 6.03 Å². The van der Waals surface area contributed by atoms with Gasteiger partial charge in [0.15, 0.2) is 0 Å². The molecule has 0 bridgehead atoms. The number of urea groups is 1. The van der Waals surface area contributed by atoms with E-state index in [9.17, 15) is 9.90 Å². The summed E-state index contributed by atoms with van der Waals surface area (Å²) in [7, 11) is 0. The SMILES string of the molecule is C[C@](O)(CNC(=O)NCc1ccnc2ccccc12)c1cccs1. The van der Waals surface area contributed by atoms with Gasteiger partial charge in [0.05, 0.1) is 12.1 Å². The molecule has 3 aromatic rings. The Morgan fingerprint density at radius 1 is 1.21 bits per heavy atom. The summed E-state index contributed by atoms with van der Waals surface area (Å²) in [5, 5.41) is 18.9. The second-order valence-corrected chi connectivity index (χ2v) is 6.72. The fraction of sp³-hybridized carbons (Fsp3) is 0.222. The highest BCUT2D eigenvalue weighted by molar-refractivity contribution is 7.10. The van der Waals surface area contributed by atoms with E-state index < -0.39 is 5.60 Å². The minimum absolute atomic E-state index is 0.149. The number of carbonyl (C=O) groups excluding carboxylic acids is 1. The molecule has 0 spiro atoms. The summed E-state index contributed by atoms with van der Waals surface area (Å²) in [6, 6.07) is 13.1. The number of nitrogens with one attached hydrogen (secondary N) is 2. The van der Waals surface area contributed by atoms with Crippen molar-refractivity contribution in [3.63, 3.8) is 0 Å². The molecule has 0 saturated heterocycles. The zero-order chi connectivity index (χ0) is 17.0. The van der Waals surface area contributed by atoms with Crippen LogP contribution in [-0.4, -0.2) is 22.7 Å². The second-order valence-electron chi connectivity index (χ2n) is 5.77. The van der Waals surface area contributed by atoms with E-state index in [1.54, 1.807) is 13.1 Å². The van der Waals surface area contributed by atoms with Gasteiger partial charge in [-0.2, -0.15) is 0 Å². The third kappa shape index (κ3) is 3.72. The minimum Gasteiger partial charge on any atom is -0.383 e. The first-order chi connectivity index (χ1) is 11.6. The lowest BCUT2D eigenvalue weighted by molar-refractivity contribution is 0.0631. The molecule has 24 heavy (non-hydrogen) atoms. The van der Waals surface area contributed by atoms with Gasteiger partial charge < -0.3 is 15.7 Å². The molecular weight excluding hydrogens is 322 g/mol. The molecular formula is C18H19N3O2S. The van der Waals surface area contributed by atoms with Crippen LogP contribution in [0.25, 0.3) is 10.9 Å². The number of benzene rings is 1. The lowest BCUT2D eigenvalue weighted by Gasteiger charge is -2.22. The van der Waals surface area contributed by atoms with Gasteiger partial charge in [0.2, 0.25) is 0 Å². The van der Waals surface area contributed by atoms with Crippen LogP contribution in [0.15, 0.2) is 54.0 Å². The standard InChI is InChI=1S/C18H19N3O2S/c1-18(23,16-7-4-10-24-16)12-21-17(22)20-11-13-8-9-19-15-6-3-2-5-14(13)15/h2-10,23H,11-12H2,1H3,(H2,20,21,22)/t18-/m0/s1. The Bertz CT molecular complexity index is 826. The number of hydrogen-bond acceptors (Lipinski definition) is 4. The Hall–Kier alpha value is -2.44. The Morgan fingerprint density at radius 2 is 2.04 bits per heavy atom. The quantitative estimate of drug-likeness (QED) is 0.668. The summed E-state index contributed by atoms with van der Waals surface area (Å²) in [6.07, 6.45) is 1.73. The molecule has 1 aromatic carbocycles. The van der Waals surface area contributed by atoms with Gasteiger partial charge in [-0.15, -0.1) is 11.3 Å². The van der Waals surface area contributed by atoms with Crippen LogP contribution in [0.2, 0.25) is 0 Å². The predicted octanol–water partition coefficient (Wildman–Crippen LogP) is 3.00. The number of amides is 2. The highest BCUT2D eigenvalue weighted by Gasteiger charge is 2.24. The fourth-order valence-electron chi connectivity index (χ4n) is 2.47. The second kappa shape index (κ2) is 6.98. The van der Waals surface area contributed by atoms with Crippen molar-refractivity contribution in [3.8, 4) is 0 Å². The third-order valence-electron chi connectivity index (χ3n) is 3.82. The monoisotopic (exact) mass is 341 g/mol. The highest BCUT2D eigenvalue weighted by Crippen LogP contribution is 2.24. The van der Waals surface area contributed by atoms with Gasteiger partial charge in [-0.3, -0.25) is 4.98 Å². The smallest absolute Gasteiger partial charge is 0.315 e. The van der Waals surface area contributed by atoms with E-state index in [1.807, 2.05) is 47.8 Å². The molecule has 3 N–H and O–H groups in total. The number of fused-ring (bicyclic) bond motifs is 1. The van der Waals surface area contributed by atoms with E-state index in [2.05, 4.69) is 15.6 Å². The number of nitrogens with zero attached hydrogens (tertiary/aromatic N) is 1. The van der Waals surface area contributed by atoms with Crippen LogP contribution in [0, 0.1) is 0 Å². The van der Waals surface area contributed by atoms with Crippen molar-refractivity contribution in [1.82, 2.24) is 15.6 Å². The van der Waals surface area contributed by atoms with Crippen molar-refractivity contribution in [2.24, 2.45) is 0 Å². The third-order valence-corrected chi connectivity index (χ3v) is 4.95. The number of hydrogen-bond donors (Lipinski definition) is 3. The minimum atomic E-state index is -1.07. The summed E-state index contributed by atoms with van der Waals surface area (Å²) >= 11 is 1.46. The molecule has 1 atom stereocenters. The molecule has 6 heteroatoms. The number of thiophene rings is 1. The maximum atomic E-state index is 12.0. The summed E-state index contributed by atoms with van der Waals surface area (Å²) < 4.78 is 0. The summed E-state index contributed by atoms with van der Waals surface area (Å²) in [6.45, 7) is 2.24. The first-order valence-corrected chi connectivity index (χ1v) is 8.55. The molecule has 0 unspecified atom stereocenters. The summed E-state index contributed by atoms with van der Waals surface area (Å²) in [5.41, 5.74) is 0.827. The van der Waals surface area contributed by atoms with Crippen LogP contribution in [0.5, 0.6) is 0 Å². The zero-order valence-corrected chi connectivity index (χ0v) is 14.1. The van der Waals surface area contributed by atoms with Crippen molar-refractivity contribution in [2.75, 3.05) is 6.54 Å². The van der Waals surface area contributed by atoms with E-state index >= 15 is 0 Å². The van der Waals surface area contributed by atoms with E-state index in [1.165, 1.54) is 11.3 Å². The number of aliphatic hydroxyl groups is 1. The number of para-hydroxylation sites is 1. The van der Waals surface area contributed by atoms with Crippen LogP contribution in [0.4, 0.5) is 4.79 Å². The Labute approximate surface area is 144 Å². The Balaban J connectivity index is 1.58. The maximum Gasteiger partial charge on any atom is 0.315 e. The first-order valence-electron chi connectivity index (χ1n) is 7.67. The maximum absolute atomic E-state index is 12.0. The van der Waals surface area contributed by atoms with Crippen LogP contribution in [0.3, 0.4) is 0 Å². The molecule has 2 amide bonds. The van der Waals surface area contributed by atoms with Crippen molar-refractivity contribution < 1.29 is 9.90 Å². The van der Waals surface area contributed by atoms with E-state index in [0.717, 1.165) is 21.3 Å². The Kier molecular flexibility index (Phi) is 4.78. The van der Waals surface area contributed by atoms with Gasteiger partial charge in [-0.25, -0.2) is 4.79 Å². The largest absolute Gasteiger partial charge is 0.383 e. The molecule has 124 valence electrons. The van der Waals surface area contributed by atoms with Gasteiger partial charge in [-0.05, 0) is 36.1 Å². The average Bonchev–Trinajstić information content (AvgIpc) is 3.14. The van der Waals surface area contributed by atoms with Crippen LogP contribution in [0.1, 0.15) is 17.4 Å². The summed E-state index contributed by atoms with van der Waals surface area (Å²) in [5.74, 6) is 0. The molecule has 5 nitrogen and oxygen atoms in total. The molecule has 2 heterocycles. The lowest BCUT2D eigenvalue weighted by atomic mass is 10.1. The molecule has 0 aliphatic carbocycles. The van der Waals surface area contributed by atoms with Crippen molar-refractivity contribution >= 4 is 28.3 Å². The number of rotatable bonds is 5. The number of aromatic nitrogens is 1. The van der Waals surface area contributed by atoms with Gasteiger partial charge in [0.25, 0.3) is 0 Å².